The number of rotatable bonds is 0. The molecular formula is C10H17BO2. The molecule has 4 atom stereocenters. The second-order valence-corrected chi connectivity index (χ2v) is 5.44. The van der Waals surface area contributed by atoms with E-state index in [-0.39, 0.29) is 7.12 Å². The van der Waals surface area contributed by atoms with E-state index in [2.05, 4.69) is 13.8 Å². The second-order valence-electron chi connectivity index (χ2n) is 5.44. The van der Waals surface area contributed by atoms with E-state index in [0.29, 0.717) is 17.6 Å². The highest BCUT2D eigenvalue weighted by Gasteiger charge is 2.61. The summed E-state index contributed by atoms with van der Waals surface area (Å²) in [7, 11) is 0.0325. The highest BCUT2D eigenvalue weighted by molar-refractivity contribution is 6.43. The fourth-order valence-corrected chi connectivity index (χ4v) is 3.50. The molecule has 13 heavy (non-hydrogen) atoms. The van der Waals surface area contributed by atoms with Gasteiger partial charge in [0, 0.05) is 0 Å². The van der Waals surface area contributed by atoms with Gasteiger partial charge >= 0.3 is 7.12 Å². The fourth-order valence-electron chi connectivity index (χ4n) is 3.50. The zero-order valence-electron chi connectivity index (χ0n) is 8.62. The summed E-state index contributed by atoms with van der Waals surface area (Å²) in [5, 5.41) is 0. The monoisotopic (exact) mass is 180 g/mol. The van der Waals surface area contributed by atoms with Gasteiger partial charge in [-0.3, -0.25) is 0 Å². The Labute approximate surface area is 80.1 Å². The Morgan fingerprint density at radius 1 is 1.23 bits per heavy atom. The average molecular weight is 180 g/mol. The maximum Gasteiger partial charge on any atom is 0.454 e. The van der Waals surface area contributed by atoms with Crippen LogP contribution in [0.25, 0.3) is 0 Å². The molecule has 0 amide bonds. The zero-order valence-corrected chi connectivity index (χ0v) is 8.62. The lowest BCUT2D eigenvalue weighted by Gasteiger charge is -2.60. The molecule has 4 rings (SSSR count). The molecule has 0 aromatic rings. The van der Waals surface area contributed by atoms with Crippen molar-refractivity contribution >= 4 is 7.12 Å². The fraction of sp³-hybridized carbons (Fsp3) is 1.00. The van der Waals surface area contributed by atoms with Gasteiger partial charge in [0.15, 0.2) is 0 Å². The summed E-state index contributed by atoms with van der Waals surface area (Å²) < 4.78 is 11.6. The van der Waals surface area contributed by atoms with E-state index in [9.17, 15) is 0 Å². The van der Waals surface area contributed by atoms with Crippen molar-refractivity contribution in [2.45, 2.75) is 45.7 Å². The quantitative estimate of drug-likeness (QED) is 0.530. The standard InChI is InChI=1S/C10H17BO2/c1-10(2)6-4-7(10)9-8(5-6)12-11(3)13-9/h6-9H,4-5H2,1-3H3/t6-,7?,8+,9-/m0/s1. The van der Waals surface area contributed by atoms with Gasteiger partial charge in [0.05, 0.1) is 12.2 Å². The molecule has 0 N–H and O–H groups in total. The summed E-state index contributed by atoms with van der Waals surface area (Å²) in [5.41, 5.74) is 0.509. The Hall–Kier alpha value is -0.0151. The first-order chi connectivity index (χ1) is 6.09. The van der Waals surface area contributed by atoms with Crippen molar-refractivity contribution in [3.05, 3.63) is 0 Å². The molecule has 3 aliphatic carbocycles. The van der Waals surface area contributed by atoms with Crippen LogP contribution in [0.1, 0.15) is 26.7 Å². The molecule has 4 fully saturated rings. The summed E-state index contributed by atoms with van der Waals surface area (Å²) in [4.78, 5) is 0. The minimum absolute atomic E-state index is 0.0325. The third-order valence-electron chi connectivity index (χ3n) is 4.54. The Bertz CT molecular complexity index is 241. The van der Waals surface area contributed by atoms with E-state index in [0.717, 1.165) is 11.8 Å². The third kappa shape index (κ3) is 0.923. The van der Waals surface area contributed by atoms with Gasteiger partial charge in [-0.2, -0.15) is 0 Å². The normalized spacial score (nSPS) is 51.5. The lowest BCUT2D eigenvalue weighted by Crippen LogP contribution is -2.59. The van der Waals surface area contributed by atoms with Crippen molar-refractivity contribution < 1.29 is 9.31 Å². The molecule has 1 saturated heterocycles. The third-order valence-corrected chi connectivity index (χ3v) is 4.54. The highest BCUT2D eigenvalue weighted by atomic mass is 16.7. The SMILES string of the molecule is CB1O[C@@H]2C[C@@H]3CC([C@@H]2O1)C3(C)C. The van der Waals surface area contributed by atoms with Crippen LogP contribution < -0.4 is 0 Å². The maximum absolute atomic E-state index is 5.83. The van der Waals surface area contributed by atoms with Crippen molar-refractivity contribution in [1.29, 1.82) is 0 Å². The topological polar surface area (TPSA) is 18.5 Å². The van der Waals surface area contributed by atoms with Crippen LogP contribution in [0.3, 0.4) is 0 Å². The van der Waals surface area contributed by atoms with Gasteiger partial charge in [0.25, 0.3) is 0 Å². The molecule has 4 aliphatic rings. The predicted molar refractivity (Wildman–Crippen MR) is 51.4 cm³/mol. The second kappa shape index (κ2) is 2.32. The van der Waals surface area contributed by atoms with Crippen LogP contribution in [0.5, 0.6) is 0 Å². The summed E-state index contributed by atoms with van der Waals surface area (Å²) in [6, 6.07) is 0. The lowest BCUT2D eigenvalue weighted by molar-refractivity contribution is -0.150. The highest BCUT2D eigenvalue weighted by Crippen LogP contribution is 2.61. The summed E-state index contributed by atoms with van der Waals surface area (Å²) >= 11 is 0. The van der Waals surface area contributed by atoms with Crippen LogP contribution in [0.2, 0.25) is 6.82 Å². The Morgan fingerprint density at radius 3 is 2.69 bits per heavy atom. The van der Waals surface area contributed by atoms with Crippen molar-refractivity contribution in [2.75, 3.05) is 0 Å². The van der Waals surface area contributed by atoms with Gasteiger partial charge in [-0.15, -0.1) is 0 Å². The molecule has 1 heterocycles. The molecule has 0 spiro atoms. The molecule has 2 bridgehead atoms. The minimum atomic E-state index is 0.0325. The number of hydrogen-bond acceptors (Lipinski definition) is 2. The van der Waals surface area contributed by atoms with Crippen LogP contribution in [0.15, 0.2) is 0 Å². The van der Waals surface area contributed by atoms with Crippen molar-refractivity contribution in [2.24, 2.45) is 17.3 Å². The van der Waals surface area contributed by atoms with Gasteiger partial charge in [0.2, 0.25) is 0 Å². The molecule has 1 aliphatic heterocycles. The van der Waals surface area contributed by atoms with Crippen LogP contribution in [0, 0.1) is 17.3 Å². The van der Waals surface area contributed by atoms with E-state index in [1.807, 2.05) is 6.82 Å². The van der Waals surface area contributed by atoms with E-state index in [1.165, 1.54) is 12.8 Å². The van der Waals surface area contributed by atoms with E-state index >= 15 is 0 Å². The largest absolute Gasteiger partial charge is 0.454 e. The van der Waals surface area contributed by atoms with Crippen LogP contribution in [-0.2, 0) is 9.31 Å². The van der Waals surface area contributed by atoms with Crippen LogP contribution >= 0.6 is 0 Å². The predicted octanol–water partition coefficient (Wildman–Crippen LogP) is 1.95. The van der Waals surface area contributed by atoms with Gasteiger partial charge in [0.1, 0.15) is 0 Å². The smallest absolute Gasteiger partial charge is 0.406 e. The molecule has 3 heteroatoms. The van der Waals surface area contributed by atoms with Gasteiger partial charge < -0.3 is 9.31 Å². The first-order valence-corrected chi connectivity index (χ1v) is 5.40. The van der Waals surface area contributed by atoms with Gasteiger partial charge in [-0.05, 0) is 36.9 Å². The maximum atomic E-state index is 5.83. The molecule has 72 valence electrons. The number of hydrogen-bond donors (Lipinski definition) is 0. The summed E-state index contributed by atoms with van der Waals surface area (Å²) in [6.45, 7) is 6.78. The average Bonchev–Trinajstić information content (AvgIpc) is 2.42. The zero-order chi connectivity index (χ0) is 9.22. The van der Waals surface area contributed by atoms with E-state index < -0.39 is 0 Å². The van der Waals surface area contributed by atoms with Gasteiger partial charge in [-0.1, -0.05) is 13.8 Å². The molecule has 0 aromatic heterocycles. The Kier molecular flexibility index (Phi) is 1.48. The summed E-state index contributed by atoms with van der Waals surface area (Å²) in [5.74, 6) is 1.63. The van der Waals surface area contributed by atoms with Crippen LogP contribution in [-0.4, -0.2) is 19.3 Å². The molecule has 1 unspecified atom stereocenters. The van der Waals surface area contributed by atoms with Crippen molar-refractivity contribution in [1.82, 2.24) is 0 Å². The summed E-state index contributed by atoms with van der Waals surface area (Å²) in [6.07, 6.45) is 3.39. The van der Waals surface area contributed by atoms with Crippen LogP contribution in [0.4, 0.5) is 0 Å². The van der Waals surface area contributed by atoms with Crippen molar-refractivity contribution in [3.63, 3.8) is 0 Å². The molecule has 3 saturated carbocycles. The van der Waals surface area contributed by atoms with E-state index in [1.54, 1.807) is 0 Å². The lowest BCUT2D eigenvalue weighted by atomic mass is 9.47. The first-order valence-electron chi connectivity index (χ1n) is 5.40. The Balaban J connectivity index is 1.85. The Morgan fingerprint density at radius 2 is 2.00 bits per heavy atom. The van der Waals surface area contributed by atoms with E-state index in [4.69, 9.17) is 9.31 Å². The molecule has 0 radical (unpaired) electrons. The molecule has 0 aromatic carbocycles. The first kappa shape index (κ1) is 8.31. The minimum Gasteiger partial charge on any atom is -0.406 e. The van der Waals surface area contributed by atoms with Gasteiger partial charge in [-0.25, -0.2) is 0 Å². The van der Waals surface area contributed by atoms with Crippen molar-refractivity contribution in [3.8, 4) is 0 Å². The molecule has 2 nitrogen and oxygen atoms in total. The molecular weight excluding hydrogens is 163 g/mol.